The van der Waals surface area contributed by atoms with Gasteiger partial charge in [-0.2, -0.15) is 0 Å². The third-order valence-electron chi connectivity index (χ3n) is 4.31. The third kappa shape index (κ3) is 3.89. The van der Waals surface area contributed by atoms with Crippen molar-refractivity contribution < 1.29 is 9.53 Å². The van der Waals surface area contributed by atoms with Crippen molar-refractivity contribution in [1.29, 1.82) is 0 Å². The molecule has 0 saturated heterocycles. The molecule has 0 aliphatic carbocycles. The van der Waals surface area contributed by atoms with Gasteiger partial charge in [0.1, 0.15) is 10.8 Å². The molecule has 1 heterocycles. The van der Waals surface area contributed by atoms with E-state index in [1.54, 1.807) is 6.20 Å². The Morgan fingerprint density at radius 3 is 2.46 bits per heavy atom. The van der Waals surface area contributed by atoms with Crippen LogP contribution in [0.1, 0.15) is 27.2 Å². The van der Waals surface area contributed by atoms with Gasteiger partial charge in [0.25, 0.3) is 0 Å². The molecule has 3 aromatic rings. The number of thiazole rings is 1. The highest BCUT2D eigenvalue weighted by molar-refractivity contribution is 9.09. The lowest BCUT2D eigenvalue weighted by molar-refractivity contribution is 0.112. The Bertz CT molecular complexity index is 920. The highest BCUT2D eigenvalue weighted by atomic mass is 79.9. The molecule has 3 rings (SSSR count). The molecule has 0 aliphatic heterocycles. The van der Waals surface area contributed by atoms with Gasteiger partial charge in [0.05, 0.1) is 11.5 Å². The molecule has 0 saturated carbocycles. The Balaban J connectivity index is 2.01. The summed E-state index contributed by atoms with van der Waals surface area (Å²) in [5.74, 6) is 0.922. The number of alkyl halides is 1. The van der Waals surface area contributed by atoms with Crippen LogP contribution in [0, 0.1) is 13.8 Å². The molecule has 26 heavy (non-hydrogen) atoms. The molecule has 134 valence electrons. The van der Waals surface area contributed by atoms with Crippen LogP contribution in [-0.2, 0) is 0 Å². The number of rotatable bonds is 7. The minimum atomic E-state index is 0.642. The Hall–Kier alpha value is -1.98. The van der Waals surface area contributed by atoms with Crippen molar-refractivity contribution in [3.8, 4) is 27.4 Å². The predicted octanol–water partition coefficient (Wildman–Crippen LogP) is 6.07. The summed E-state index contributed by atoms with van der Waals surface area (Å²) in [7, 11) is 0. The molecule has 0 spiro atoms. The summed E-state index contributed by atoms with van der Waals surface area (Å²) in [4.78, 5) is 16.0. The van der Waals surface area contributed by atoms with Crippen molar-refractivity contribution >= 4 is 33.6 Å². The van der Waals surface area contributed by atoms with E-state index in [-0.39, 0.29) is 0 Å². The first-order valence-corrected chi connectivity index (χ1v) is 10.4. The minimum Gasteiger partial charge on any atom is -0.493 e. The molecular weight excluding hydrogens is 410 g/mol. The molecule has 0 aliphatic rings. The zero-order valence-electron chi connectivity index (χ0n) is 14.8. The number of halogens is 1. The van der Waals surface area contributed by atoms with E-state index >= 15 is 0 Å². The lowest BCUT2D eigenvalue weighted by Crippen LogP contribution is -2.00. The largest absolute Gasteiger partial charge is 0.493 e. The molecule has 0 atom stereocenters. The predicted molar refractivity (Wildman–Crippen MR) is 112 cm³/mol. The van der Waals surface area contributed by atoms with Crippen molar-refractivity contribution in [2.45, 2.75) is 20.3 Å². The smallest absolute Gasteiger partial charge is 0.161 e. The van der Waals surface area contributed by atoms with E-state index in [9.17, 15) is 4.79 Å². The first-order chi connectivity index (χ1) is 12.7. The van der Waals surface area contributed by atoms with Crippen molar-refractivity contribution in [3.63, 3.8) is 0 Å². The van der Waals surface area contributed by atoms with E-state index in [1.165, 1.54) is 11.3 Å². The average molecular weight is 430 g/mol. The number of hydrogen-bond donors (Lipinski definition) is 0. The van der Waals surface area contributed by atoms with Gasteiger partial charge in [-0.1, -0.05) is 46.3 Å². The Morgan fingerprint density at radius 1 is 1.08 bits per heavy atom. The second-order valence-corrected chi connectivity index (χ2v) is 7.84. The molecular formula is C21H20BrNO2S. The number of benzene rings is 2. The Kier molecular flexibility index (Phi) is 6.22. The van der Waals surface area contributed by atoms with Gasteiger partial charge in [-0.15, -0.1) is 11.3 Å². The van der Waals surface area contributed by atoms with Crippen LogP contribution in [0.5, 0.6) is 5.75 Å². The number of carbonyl (C=O) groups is 1. The summed E-state index contributed by atoms with van der Waals surface area (Å²) >= 11 is 4.85. The maximum absolute atomic E-state index is 11.0. The van der Waals surface area contributed by atoms with Crippen LogP contribution in [0.25, 0.3) is 21.7 Å². The van der Waals surface area contributed by atoms with E-state index in [4.69, 9.17) is 4.74 Å². The Labute approximate surface area is 166 Å². The van der Waals surface area contributed by atoms with Crippen LogP contribution in [-0.4, -0.2) is 23.2 Å². The van der Waals surface area contributed by atoms with Gasteiger partial charge in [0.15, 0.2) is 6.29 Å². The van der Waals surface area contributed by atoms with Crippen LogP contribution < -0.4 is 4.74 Å². The van der Waals surface area contributed by atoms with E-state index in [1.807, 2.05) is 18.2 Å². The second kappa shape index (κ2) is 8.60. The first-order valence-electron chi connectivity index (χ1n) is 8.45. The van der Waals surface area contributed by atoms with Crippen molar-refractivity contribution in [2.24, 2.45) is 0 Å². The topological polar surface area (TPSA) is 39.2 Å². The summed E-state index contributed by atoms with van der Waals surface area (Å²) in [6, 6.07) is 12.4. The van der Waals surface area contributed by atoms with Gasteiger partial charge in [-0.05, 0) is 48.6 Å². The van der Waals surface area contributed by atoms with Gasteiger partial charge in [0.2, 0.25) is 0 Å². The van der Waals surface area contributed by atoms with Crippen molar-refractivity contribution in [1.82, 2.24) is 4.98 Å². The molecule has 0 unspecified atom stereocenters. The monoisotopic (exact) mass is 429 g/mol. The fourth-order valence-corrected chi connectivity index (χ4v) is 3.97. The highest BCUT2D eigenvalue weighted by Gasteiger charge is 2.14. The van der Waals surface area contributed by atoms with Crippen molar-refractivity contribution in [2.75, 3.05) is 11.9 Å². The van der Waals surface area contributed by atoms with Crippen LogP contribution in [0.3, 0.4) is 0 Å². The Morgan fingerprint density at radius 2 is 1.77 bits per heavy atom. The number of aldehydes is 1. The SMILES string of the molecule is Cc1c(OCCCBr)cccc1-c1cccc(-c2ncc(C=O)s2)c1C. The molecule has 0 radical (unpaired) electrons. The quantitative estimate of drug-likeness (QED) is 0.259. The molecule has 2 aromatic carbocycles. The molecule has 0 N–H and O–H groups in total. The summed E-state index contributed by atoms with van der Waals surface area (Å²) in [5, 5.41) is 1.80. The third-order valence-corrected chi connectivity index (χ3v) is 5.83. The maximum Gasteiger partial charge on any atom is 0.161 e. The van der Waals surface area contributed by atoms with Crippen LogP contribution in [0.15, 0.2) is 42.6 Å². The van der Waals surface area contributed by atoms with Gasteiger partial charge in [-0.25, -0.2) is 4.98 Å². The molecule has 1 aromatic heterocycles. The van der Waals surface area contributed by atoms with Gasteiger partial charge in [-0.3, -0.25) is 4.79 Å². The fraction of sp³-hybridized carbons (Fsp3) is 0.238. The molecule has 3 nitrogen and oxygen atoms in total. The maximum atomic E-state index is 11.0. The number of nitrogens with zero attached hydrogens (tertiary/aromatic N) is 1. The highest BCUT2D eigenvalue weighted by Crippen LogP contribution is 2.37. The summed E-state index contributed by atoms with van der Waals surface area (Å²) in [6.07, 6.45) is 3.45. The van der Waals surface area contributed by atoms with Gasteiger partial charge in [0, 0.05) is 17.1 Å². The van der Waals surface area contributed by atoms with Crippen LogP contribution in [0.4, 0.5) is 0 Å². The first kappa shape index (κ1) is 18.8. The fourth-order valence-electron chi connectivity index (χ4n) is 2.92. The normalized spacial score (nSPS) is 10.7. The van der Waals surface area contributed by atoms with Gasteiger partial charge < -0.3 is 4.74 Å². The lowest BCUT2D eigenvalue weighted by atomic mass is 9.93. The standard InChI is InChI=1S/C21H20BrNO2S/c1-14-17(6-3-8-19(14)21-23-12-16(13-24)26-21)18-7-4-9-20(15(18)2)25-11-5-10-22/h3-4,6-9,12-13H,5,10-11H2,1-2H3. The molecule has 0 amide bonds. The van der Waals surface area contributed by atoms with Crippen molar-refractivity contribution in [3.05, 3.63) is 58.6 Å². The minimum absolute atomic E-state index is 0.642. The summed E-state index contributed by atoms with van der Waals surface area (Å²) in [5.41, 5.74) is 5.67. The van der Waals surface area contributed by atoms with E-state index in [0.717, 1.165) is 56.6 Å². The van der Waals surface area contributed by atoms with Crippen LogP contribution >= 0.6 is 27.3 Å². The van der Waals surface area contributed by atoms with Crippen LogP contribution in [0.2, 0.25) is 0 Å². The zero-order valence-corrected chi connectivity index (χ0v) is 17.2. The molecule has 5 heteroatoms. The summed E-state index contributed by atoms with van der Waals surface area (Å²) in [6.45, 7) is 4.89. The second-order valence-electron chi connectivity index (χ2n) is 5.98. The van der Waals surface area contributed by atoms with Gasteiger partial charge >= 0.3 is 0 Å². The van der Waals surface area contributed by atoms with E-state index in [2.05, 4.69) is 53.0 Å². The number of ether oxygens (including phenoxy) is 1. The summed E-state index contributed by atoms with van der Waals surface area (Å²) < 4.78 is 5.93. The average Bonchev–Trinajstić information content (AvgIpc) is 3.13. The lowest BCUT2D eigenvalue weighted by Gasteiger charge is -2.15. The van der Waals surface area contributed by atoms with E-state index in [0.29, 0.717) is 11.5 Å². The number of aromatic nitrogens is 1. The molecule has 0 fully saturated rings. The number of hydrogen-bond acceptors (Lipinski definition) is 4. The zero-order chi connectivity index (χ0) is 18.5. The van der Waals surface area contributed by atoms with E-state index < -0.39 is 0 Å². The molecule has 0 bridgehead atoms. The number of carbonyl (C=O) groups excluding carboxylic acids is 1.